The monoisotopic (exact) mass is 334 g/mol. The zero-order chi connectivity index (χ0) is 14.8. The molecule has 0 bridgehead atoms. The van der Waals surface area contributed by atoms with Gasteiger partial charge in [0.05, 0.1) is 10.2 Å². The number of thiophene rings is 1. The number of carbonyl (C=O) groups is 1. The number of thiazole rings is 1. The predicted octanol–water partition coefficient (Wildman–Crippen LogP) is 4.97. The quantitative estimate of drug-likeness (QED) is 0.687. The number of nitrogens with zero attached hydrogens (tertiary/aromatic N) is 1. The Kier molecular flexibility index (Phi) is 4.05. The number of hydrogen-bond donors (Lipinski definition) is 1. The van der Waals surface area contributed by atoms with Gasteiger partial charge in [0.1, 0.15) is 0 Å². The number of fused-ring (bicyclic) bond motifs is 1. The van der Waals surface area contributed by atoms with Crippen LogP contribution in [0.2, 0.25) is 5.02 Å². The molecule has 3 aromatic rings. The van der Waals surface area contributed by atoms with E-state index in [2.05, 4.69) is 10.3 Å². The van der Waals surface area contributed by atoms with Crippen LogP contribution in [0.25, 0.3) is 16.3 Å². The summed E-state index contributed by atoms with van der Waals surface area (Å²) in [5.74, 6) is -0.189. The van der Waals surface area contributed by atoms with Gasteiger partial charge in [0.15, 0.2) is 5.13 Å². The largest absolute Gasteiger partial charge is 0.298 e. The minimum absolute atomic E-state index is 0.189. The molecule has 3 rings (SSSR count). The first-order valence-electron chi connectivity index (χ1n) is 6.21. The minimum atomic E-state index is -0.189. The van der Waals surface area contributed by atoms with Gasteiger partial charge in [-0.15, -0.1) is 11.3 Å². The van der Waals surface area contributed by atoms with Crippen LogP contribution in [0.1, 0.15) is 10.4 Å². The molecule has 1 aromatic carbocycles. The molecule has 106 valence electrons. The van der Waals surface area contributed by atoms with Crippen molar-refractivity contribution in [3.8, 4) is 0 Å². The van der Waals surface area contributed by atoms with Crippen molar-refractivity contribution in [2.45, 2.75) is 6.92 Å². The van der Waals surface area contributed by atoms with Gasteiger partial charge in [0.25, 0.3) is 0 Å². The van der Waals surface area contributed by atoms with Gasteiger partial charge in [-0.2, -0.15) is 0 Å². The lowest BCUT2D eigenvalue weighted by atomic mass is 10.2. The summed E-state index contributed by atoms with van der Waals surface area (Å²) >= 11 is 9.03. The molecule has 2 heterocycles. The molecule has 3 nitrogen and oxygen atoms in total. The Morgan fingerprint density at radius 2 is 2.29 bits per heavy atom. The van der Waals surface area contributed by atoms with Gasteiger partial charge in [0, 0.05) is 16.0 Å². The third kappa shape index (κ3) is 3.32. The molecule has 0 aliphatic rings. The van der Waals surface area contributed by atoms with E-state index in [1.807, 2.05) is 36.6 Å². The van der Waals surface area contributed by atoms with Crippen LogP contribution in [0.15, 0.2) is 35.7 Å². The Morgan fingerprint density at radius 1 is 1.43 bits per heavy atom. The smallest absolute Gasteiger partial charge is 0.250 e. The zero-order valence-corrected chi connectivity index (χ0v) is 13.5. The number of halogens is 1. The lowest BCUT2D eigenvalue weighted by Gasteiger charge is -1.95. The van der Waals surface area contributed by atoms with Crippen LogP contribution in [0.5, 0.6) is 0 Å². The number of aromatic nitrogens is 1. The fourth-order valence-electron chi connectivity index (χ4n) is 1.90. The first-order valence-corrected chi connectivity index (χ1v) is 8.28. The molecule has 6 heteroatoms. The van der Waals surface area contributed by atoms with E-state index in [9.17, 15) is 4.79 Å². The Labute approximate surface area is 134 Å². The number of aryl methyl sites for hydroxylation is 1. The van der Waals surface area contributed by atoms with Gasteiger partial charge in [-0.25, -0.2) is 4.98 Å². The summed E-state index contributed by atoms with van der Waals surface area (Å²) in [6, 6.07) is 7.63. The van der Waals surface area contributed by atoms with E-state index < -0.39 is 0 Å². The van der Waals surface area contributed by atoms with Gasteiger partial charge in [-0.3, -0.25) is 10.1 Å². The molecule has 21 heavy (non-hydrogen) atoms. The third-order valence-corrected chi connectivity index (χ3v) is 4.80. The second kappa shape index (κ2) is 5.97. The molecule has 0 spiro atoms. The number of amides is 1. The molecule has 2 aromatic heterocycles. The Balaban J connectivity index is 1.78. The first-order chi connectivity index (χ1) is 10.1. The average molecular weight is 335 g/mol. The molecular formula is C15H11ClN2OS2. The summed E-state index contributed by atoms with van der Waals surface area (Å²) in [6.07, 6.45) is 3.30. The summed E-state index contributed by atoms with van der Waals surface area (Å²) < 4.78 is 0.970. The van der Waals surface area contributed by atoms with Crippen molar-refractivity contribution >= 4 is 61.6 Å². The highest BCUT2D eigenvalue weighted by atomic mass is 35.5. The van der Waals surface area contributed by atoms with Gasteiger partial charge in [0.2, 0.25) is 5.91 Å². The van der Waals surface area contributed by atoms with E-state index in [1.165, 1.54) is 17.4 Å². The number of nitrogens with one attached hydrogen (secondary N) is 1. The average Bonchev–Trinajstić information content (AvgIpc) is 3.05. The number of hydrogen-bond acceptors (Lipinski definition) is 4. The SMILES string of the molecule is Cc1cc(Cl)cc2sc(NC(=O)/C=C/c3cccs3)nc12. The van der Waals surface area contributed by atoms with E-state index in [0.717, 1.165) is 20.7 Å². The van der Waals surface area contributed by atoms with Gasteiger partial charge < -0.3 is 0 Å². The standard InChI is InChI=1S/C15H11ClN2OS2/c1-9-7-10(16)8-12-14(9)18-15(21-12)17-13(19)5-4-11-3-2-6-20-11/h2-8H,1H3,(H,17,18,19)/b5-4+. The predicted molar refractivity (Wildman–Crippen MR) is 91.3 cm³/mol. The van der Waals surface area contributed by atoms with Crippen molar-refractivity contribution in [2.24, 2.45) is 0 Å². The van der Waals surface area contributed by atoms with E-state index in [1.54, 1.807) is 17.4 Å². The molecule has 0 saturated heterocycles. The Hall–Kier alpha value is -1.69. The van der Waals surface area contributed by atoms with E-state index >= 15 is 0 Å². The maximum atomic E-state index is 11.9. The van der Waals surface area contributed by atoms with Crippen LogP contribution in [-0.4, -0.2) is 10.9 Å². The van der Waals surface area contributed by atoms with E-state index in [4.69, 9.17) is 11.6 Å². The van der Waals surface area contributed by atoms with Crippen molar-refractivity contribution in [2.75, 3.05) is 5.32 Å². The molecule has 0 unspecified atom stereocenters. The molecule has 0 saturated carbocycles. The lowest BCUT2D eigenvalue weighted by molar-refractivity contribution is -0.111. The number of anilines is 1. The summed E-state index contributed by atoms with van der Waals surface area (Å²) in [4.78, 5) is 17.4. The highest BCUT2D eigenvalue weighted by Gasteiger charge is 2.09. The molecule has 0 aliphatic heterocycles. The summed E-state index contributed by atoms with van der Waals surface area (Å²) in [5.41, 5.74) is 1.88. The van der Waals surface area contributed by atoms with E-state index in [0.29, 0.717) is 10.2 Å². The van der Waals surface area contributed by atoms with Crippen molar-refractivity contribution in [1.29, 1.82) is 0 Å². The fraction of sp³-hybridized carbons (Fsp3) is 0.0667. The topological polar surface area (TPSA) is 42.0 Å². The van der Waals surface area contributed by atoms with Crippen molar-refractivity contribution in [1.82, 2.24) is 4.98 Å². The van der Waals surface area contributed by atoms with Gasteiger partial charge in [-0.1, -0.05) is 29.0 Å². The summed E-state index contributed by atoms with van der Waals surface area (Å²) in [7, 11) is 0. The second-order valence-electron chi connectivity index (χ2n) is 4.43. The van der Waals surface area contributed by atoms with Crippen molar-refractivity contribution < 1.29 is 4.79 Å². The molecule has 0 atom stereocenters. The van der Waals surface area contributed by atoms with Crippen molar-refractivity contribution in [3.05, 3.63) is 51.2 Å². The van der Waals surface area contributed by atoms with Crippen molar-refractivity contribution in [3.63, 3.8) is 0 Å². The molecule has 0 fully saturated rings. The number of rotatable bonds is 3. The zero-order valence-electron chi connectivity index (χ0n) is 11.1. The Bertz CT molecular complexity index is 822. The molecule has 1 N–H and O–H groups in total. The van der Waals surface area contributed by atoms with E-state index in [-0.39, 0.29) is 5.91 Å². The first kappa shape index (κ1) is 14.3. The van der Waals surface area contributed by atoms with Gasteiger partial charge in [-0.05, 0) is 42.1 Å². The number of benzene rings is 1. The third-order valence-electron chi connectivity index (χ3n) is 2.82. The molecular weight excluding hydrogens is 324 g/mol. The molecule has 1 amide bonds. The number of carbonyl (C=O) groups excluding carboxylic acids is 1. The Morgan fingerprint density at radius 3 is 3.05 bits per heavy atom. The second-order valence-corrected chi connectivity index (χ2v) is 6.87. The fourth-order valence-corrected chi connectivity index (χ4v) is 3.84. The molecule has 0 aliphatic carbocycles. The summed E-state index contributed by atoms with van der Waals surface area (Å²) in [5, 5.41) is 6.01. The highest BCUT2D eigenvalue weighted by Crippen LogP contribution is 2.30. The van der Waals surface area contributed by atoms with Gasteiger partial charge >= 0.3 is 0 Å². The van der Waals surface area contributed by atoms with Crippen LogP contribution in [-0.2, 0) is 4.79 Å². The minimum Gasteiger partial charge on any atom is -0.298 e. The van der Waals surface area contributed by atoms with Crippen LogP contribution in [0.4, 0.5) is 5.13 Å². The lowest BCUT2D eigenvalue weighted by Crippen LogP contribution is -2.07. The van der Waals surface area contributed by atoms with Crippen LogP contribution in [0.3, 0.4) is 0 Å². The maximum absolute atomic E-state index is 11.9. The van der Waals surface area contributed by atoms with Crippen LogP contribution in [0, 0.1) is 6.92 Å². The summed E-state index contributed by atoms with van der Waals surface area (Å²) in [6.45, 7) is 1.95. The van der Waals surface area contributed by atoms with Crippen LogP contribution >= 0.6 is 34.3 Å². The maximum Gasteiger partial charge on any atom is 0.250 e. The molecule has 0 radical (unpaired) electrons. The normalized spacial score (nSPS) is 11.3. The highest BCUT2D eigenvalue weighted by molar-refractivity contribution is 7.22. The van der Waals surface area contributed by atoms with Crippen LogP contribution < -0.4 is 5.32 Å².